The number of carbonyl (C=O) groups excluding carboxylic acids is 3. The van der Waals surface area contributed by atoms with Crippen molar-refractivity contribution < 1.29 is 33.7 Å². The number of carbonyl (C=O) groups is 3. The van der Waals surface area contributed by atoms with E-state index in [4.69, 9.17) is 14.2 Å². The van der Waals surface area contributed by atoms with Gasteiger partial charge in [0, 0.05) is 30.7 Å². The van der Waals surface area contributed by atoms with Gasteiger partial charge in [0.25, 0.3) is 0 Å². The number of nitrogens with one attached hydrogen (secondary N) is 1. The van der Waals surface area contributed by atoms with Crippen molar-refractivity contribution in [3.8, 4) is 0 Å². The van der Waals surface area contributed by atoms with E-state index in [1.165, 1.54) is 13.8 Å². The number of hydrogen-bond acceptors (Lipinski definition) is 7. The molecule has 1 spiro atoms. The summed E-state index contributed by atoms with van der Waals surface area (Å²) < 4.78 is 18.4. The molecule has 0 aromatic heterocycles. The third-order valence-electron chi connectivity index (χ3n) is 10.1. The number of Topliss-reactive ketones (excluding diaryl/α,β-unsaturated/α-hetero) is 1. The Labute approximate surface area is 223 Å². The van der Waals surface area contributed by atoms with Crippen LogP contribution in [0.2, 0.25) is 0 Å². The van der Waals surface area contributed by atoms with Gasteiger partial charge in [-0.3, -0.25) is 14.4 Å². The molecule has 3 heterocycles. The number of hydrogen-bond donors (Lipinski definition) is 2. The van der Waals surface area contributed by atoms with Gasteiger partial charge in [0.2, 0.25) is 5.91 Å². The number of amides is 1. The summed E-state index contributed by atoms with van der Waals surface area (Å²) in [5.74, 6) is -2.18. The van der Waals surface area contributed by atoms with E-state index in [-0.39, 0.29) is 35.7 Å². The van der Waals surface area contributed by atoms with Crippen LogP contribution in [-0.4, -0.2) is 64.4 Å². The van der Waals surface area contributed by atoms with Gasteiger partial charge in [-0.1, -0.05) is 56.3 Å². The lowest BCUT2D eigenvalue weighted by molar-refractivity contribution is -0.171. The van der Waals surface area contributed by atoms with Crippen LogP contribution in [0.3, 0.4) is 0 Å². The predicted molar refractivity (Wildman–Crippen MR) is 137 cm³/mol. The second kappa shape index (κ2) is 8.47. The van der Waals surface area contributed by atoms with E-state index in [0.29, 0.717) is 12.8 Å². The molecule has 8 nitrogen and oxygen atoms in total. The summed E-state index contributed by atoms with van der Waals surface area (Å²) in [6.45, 7) is 8.79. The topological polar surface area (TPSA) is 118 Å². The van der Waals surface area contributed by atoms with Gasteiger partial charge in [0.1, 0.15) is 29.3 Å². The standard InChI is InChI=1S/C30H37NO7/c1-15-10-9-13-19-24-29(5,38-24)16(2)21-20(14-18-11-7-6-8-12-18)31-27(34)30(19,21)26(36-17(3)32)22-25(37-22)28(4,35)23(15)33/h6-9,11-13,15-16,19-22,24-26,35H,10,14H2,1-5H3,(H,31,34)/b13-9+/t15?,16?,19-,20-,21-,22+,24-,25-,26+,28-,29+,30?/m0/s1. The summed E-state index contributed by atoms with van der Waals surface area (Å²) in [6, 6.07) is 9.80. The van der Waals surface area contributed by atoms with Crippen molar-refractivity contribution in [3.05, 3.63) is 48.0 Å². The van der Waals surface area contributed by atoms with E-state index in [9.17, 15) is 19.5 Å². The van der Waals surface area contributed by atoms with Gasteiger partial charge in [-0.2, -0.15) is 0 Å². The van der Waals surface area contributed by atoms with E-state index in [0.717, 1.165) is 5.56 Å². The van der Waals surface area contributed by atoms with Crippen molar-refractivity contribution in [2.75, 3.05) is 0 Å². The van der Waals surface area contributed by atoms with Crippen LogP contribution >= 0.6 is 0 Å². The maximum Gasteiger partial charge on any atom is 0.303 e. The summed E-state index contributed by atoms with van der Waals surface area (Å²) in [7, 11) is 0. The van der Waals surface area contributed by atoms with E-state index in [1.807, 2.05) is 42.5 Å². The van der Waals surface area contributed by atoms with Crippen LogP contribution in [-0.2, 0) is 35.0 Å². The normalized spacial score (nSPS) is 49.8. The molecule has 6 rings (SSSR count). The van der Waals surface area contributed by atoms with E-state index >= 15 is 0 Å². The minimum absolute atomic E-state index is 0.0359. The van der Waals surface area contributed by atoms with Gasteiger partial charge in [-0.25, -0.2) is 0 Å². The quantitative estimate of drug-likeness (QED) is 0.355. The Kier molecular flexibility index (Phi) is 5.73. The van der Waals surface area contributed by atoms with Crippen LogP contribution in [0.15, 0.2) is 42.5 Å². The van der Waals surface area contributed by atoms with Crippen molar-refractivity contribution in [3.63, 3.8) is 0 Å². The number of esters is 1. The van der Waals surface area contributed by atoms with E-state index in [2.05, 4.69) is 19.2 Å². The average molecular weight is 524 g/mol. The molecule has 2 N–H and O–H groups in total. The minimum Gasteiger partial charge on any atom is -0.458 e. The molecular formula is C30H37NO7. The fourth-order valence-corrected chi connectivity index (χ4v) is 8.06. The SMILES string of the molecule is CC(=O)O[C@@H]1[C@@H]2O[C@@H]2[C@@](C)(O)C(=O)C(C)C/C=C/[C@H]2[C@@H]3O[C@]3(C)C(C)[C@H]3[C@H](Cc4ccccc4)NC(=O)C123. The Balaban J connectivity index is 1.52. The first kappa shape index (κ1) is 25.7. The molecule has 0 radical (unpaired) electrons. The molecule has 8 heteroatoms. The number of epoxide rings is 2. The summed E-state index contributed by atoms with van der Waals surface area (Å²) in [5.41, 5.74) is -2.29. The zero-order chi connectivity index (χ0) is 27.2. The number of rotatable bonds is 3. The number of allylic oxidation sites excluding steroid dienone is 1. The molecule has 38 heavy (non-hydrogen) atoms. The third-order valence-corrected chi connectivity index (χ3v) is 10.1. The highest BCUT2D eigenvalue weighted by molar-refractivity contribution is 5.91. The zero-order valence-corrected chi connectivity index (χ0v) is 22.5. The fraction of sp³-hybridized carbons (Fsp3) is 0.633. The molecule has 1 aromatic carbocycles. The van der Waals surface area contributed by atoms with Gasteiger partial charge < -0.3 is 24.6 Å². The van der Waals surface area contributed by atoms with Crippen molar-refractivity contribution in [2.24, 2.45) is 29.1 Å². The smallest absolute Gasteiger partial charge is 0.303 e. The van der Waals surface area contributed by atoms with Crippen LogP contribution < -0.4 is 5.32 Å². The Morgan fingerprint density at radius 3 is 2.55 bits per heavy atom. The molecule has 2 aliphatic carbocycles. The number of aliphatic hydroxyl groups is 1. The van der Waals surface area contributed by atoms with Crippen molar-refractivity contribution in [2.45, 2.75) is 89.1 Å². The molecule has 12 atom stereocenters. The number of benzene rings is 1. The number of ketones is 1. The third kappa shape index (κ3) is 3.49. The zero-order valence-electron chi connectivity index (χ0n) is 22.5. The molecular weight excluding hydrogens is 486 g/mol. The highest BCUT2D eigenvalue weighted by Crippen LogP contribution is 2.68. The molecule has 1 saturated carbocycles. The fourth-order valence-electron chi connectivity index (χ4n) is 8.06. The first-order valence-corrected chi connectivity index (χ1v) is 13.7. The largest absolute Gasteiger partial charge is 0.458 e. The van der Waals surface area contributed by atoms with Crippen molar-refractivity contribution >= 4 is 17.7 Å². The lowest BCUT2D eigenvalue weighted by atomic mass is 9.50. The average Bonchev–Trinajstić information content (AvgIpc) is 3.77. The van der Waals surface area contributed by atoms with Crippen LogP contribution in [0.25, 0.3) is 0 Å². The highest BCUT2D eigenvalue weighted by atomic mass is 16.6. The van der Waals surface area contributed by atoms with Crippen LogP contribution in [0.1, 0.15) is 46.6 Å². The summed E-state index contributed by atoms with van der Waals surface area (Å²) in [4.78, 5) is 40.2. The molecule has 3 unspecified atom stereocenters. The molecule has 3 saturated heterocycles. The Morgan fingerprint density at radius 1 is 1.16 bits per heavy atom. The van der Waals surface area contributed by atoms with Gasteiger partial charge in [0.15, 0.2) is 5.78 Å². The molecule has 1 amide bonds. The Hall–Kier alpha value is -2.55. The van der Waals surface area contributed by atoms with E-state index < -0.39 is 52.7 Å². The lowest BCUT2D eigenvalue weighted by Crippen LogP contribution is -2.62. The molecule has 1 aromatic rings. The highest BCUT2D eigenvalue weighted by Gasteiger charge is 2.81. The van der Waals surface area contributed by atoms with Crippen LogP contribution in [0.5, 0.6) is 0 Å². The molecule has 5 aliphatic rings. The van der Waals surface area contributed by atoms with Gasteiger partial charge in [-0.05, 0) is 38.2 Å². The molecule has 3 aliphatic heterocycles. The Morgan fingerprint density at radius 2 is 1.87 bits per heavy atom. The molecule has 0 bridgehead atoms. The first-order chi connectivity index (χ1) is 17.9. The monoisotopic (exact) mass is 523 g/mol. The van der Waals surface area contributed by atoms with E-state index in [1.54, 1.807) is 6.92 Å². The molecule has 204 valence electrons. The molecule has 4 fully saturated rings. The maximum atomic E-state index is 14.4. The van der Waals surface area contributed by atoms with Gasteiger partial charge >= 0.3 is 5.97 Å². The predicted octanol–water partition coefficient (Wildman–Crippen LogP) is 2.37. The van der Waals surface area contributed by atoms with Crippen molar-refractivity contribution in [1.29, 1.82) is 0 Å². The van der Waals surface area contributed by atoms with Crippen LogP contribution in [0, 0.1) is 29.1 Å². The summed E-state index contributed by atoms with van der Waals surface area (Å²) >= 11 is 0. The lowest BCUT2D eigenvalue weighted by Gasteiger charge is -2.49. The number of fused-ring (bicyclic) bond motifs is 3. The minimum atomic E-state index is -1.77. The second-order valence-electron chi connectivity index (χ2n) is 12.4. The first-order valence-electron chi connectivity index (χ1n) is 13.7. The van der Waals surface area contributed by atoms with Crippen molar-refractivity contribution in [1.82, 2.24) is 5.32 Å². The van der Waals surface area contributed by atoms with Crippen LogP contribution in [0.4, 0.5) is 0 Å². The second-order valence-corrected chi connectivity index (χ2v) is 12.4. The van der Waals surface area contributed by atoms with Gasteiger partial charge in [-0.15, -0.1) is 0 Å². The summed E-state index contributed by atoms with van der Waals surface area (Å²) in [5, 5.41) is 14.6. The summed E-state index contributed by atoms with van der Waals surface area (Å²) in [6.07, 6.45) is 2.06. The van der Waals surface area contributed by atoms with Gasteiger partial charge in [0.05, 0.1) is 11.7 Å². The maximum absolute atomic E-state index is 14.4. The number of ether oxygens (including phenoxy) is 3. The Bertz CT molecular complexity index is 1200.